The van der Waals surface area contributed by atoms with Crippen LogP contribution in [0.15, 0.2) is 30.7 Å². The van der Waals surface area contributed by atoms with Crippen LogP contribution in [-0.4, -0.2) is 14.5 Å². The predicted molar refractivity (Wildman–Crippen MR) is 74.4 cm³/mol. The van der Waals surface area contributed by atoms with E-state index in [2.05, 4.69) is 20.7 Å². The number of aromatic nitrogens is 3. The maximum absolute atomic E-state index is 4.60. The summed E-state index contributed by atoms with van der Waals surface area (Å²) in [7, 11) is 0. The van der Waals surface area contributed by atoms with Crippen LogP contribution in [-0.2, 0) is 13.0 Å². The summed E-state index contributed by atoms with van der Waals surface area (Å²) >= 11 is 0. The van der Waals surface area contributed by atoms with E-state index >= 15 is 0 Å². The maximum Gasteiger partial charge on any atom is 0.109 e. The fourth-order valence-electron chi connectivity index (χ4n) is 1.92. The fourth-order valence-corrected chi connectivity index (χ4v) is 1.92. The Labute approximate surface area is 115 Å². The molecule has 3 rings (SSSR count). The molecule has 0 bridgehead atoms. The third kappa shape index (κ3) is 2.35. The quantitative estimate of drug-likeness (QED) is 0.794. The second-order valence-electron chi connectivity index (χ2n) is 3.58. The van der Waals surface area contributed by atoms with Crippen molar-refractivity contribution < 1.29 is 0 Å². The summed E-state index contributed by atoms with van der Waals surface area (Å²) in [6, 6.07) is 4.00. The molecule has 0 saturated heterocycles. The van der Waals surface area contributed by atoms with E-state index in [-0.39, 0.29) is 34.0 Å². The van der Waals surface area contributed by atoms with Gasteiger partial charge in [0.05, 0.1) is 5.69 Å². The molecule has 86 valence electrons. The summed E-state index contributed by atoms with van der Waals surface area (Å²) in [4.78, 5) is 8.60. The Morgan fingerprint density at radius 3 is 2.56 bits per heavy atom. The molecule has 2 aromatic heterocycles. The van der Waals surface area contributed by atoms with Gasteiger partial charge in [0, 0.05) is 37.1 Å². The zero-order chi connectivity index (χ0) is 9.38. The number of hydrogen-bond donors (Lipinski definition) is 0. The van der Waals surface area contributed by atoms with Crippen LogP contribution in [0, 0.1) is 0 Å². The number of imidazole rings is 1. The number of halogens is 2. The van der Waals surface area contributed by atoms with Crippen LogP contribution in [0.1, 0.15) is 12.2 Å². The Kier molecular flexibility index (Phi) is 4.68. The van der Waals surface area contributed by atoms with Gasteiger partial charge in [0.1, 0.15) is 5.82 Å². The van der Waals surface area contributed by atoms with Crippen LogP contribution in [0.2, 0.25) is 0 Å². The third-order valence-corrected chi connectivity index (χ3v) is 2.63. The van der Waals surface area contributed by atoms with E-state index in [9.17, 15) is 0 Å². The van der Waals surface area contributed by atoms with Crippen LogP contribution in [0.3, 0.4) is 0 Å². The van der Waals surface area contributed by atoms with Crippen molar-refractivity contribution in [2.75, 3.05) is 0 Å². The molecule has 1 aliphatic heterocycles. The Hall–Kier alpha value is -0.680. The van der Waals surface area contributed by atoms with Gasteiger partial charge in [-0.1, -0.05) is 0 Å². The lowest BCUT2D eigenvalue weighted by atomic mass is 10.2. The van der Waals surface area contributed by atoms with E-state index in [0.717, 1.165) is 24.2 Å². The summed E-state index contributed by atoms with van der Waals surface area (Å²) in [5.74, 6) is 1.22. The molecule has 0 fully saturated rings. The number of rotatable bonds is 1. The van der Waals surface area contributed by atoms with Gasteiger partial charge in [-0.25, -0.2) is 4.98 Å². The van der Waals surface area contributed by atoms with E-state index in [4.69, 9.17) is 0 Å². The normalized spacial score (nSPS) is 12.5. The number of hydrogen-bond acceptors (Lipinski definition) is 2. The van der Waals surface area contributed by atoms with Crippen LogP contribution in [0.4, 0.5) is 0 Å². The van der Waals surface area contributed by atoms with Crippen molar-refractivity contribution in [1.29, 1.82) is 0 Å². The molecule has 0 amide bonds. The van der Waals surface area contributed by atoms with E-state index in [1.165, 1.54) is 12.2 Å². The minimum atomic E-state index is 0. The minimum absolute atomic E-state index is 0. The monoisotopic (exact) mass is 345 g/mol. The molecule has 0 N–H and O–H groups in total. The molecule has 0 atom stereocenters. The summed E-state index contributed by atoms with van der Waals surface area (Å²) in [6.45, 7) is 1.12. The Morgan fingerprint density at radius 1 is 1.12 bits per heavy atom. The van der Waals surface area contributed by atoms with Crippen LogP contribution >= 0.6 is 34.0 Å². The number of nitrogens with zero attached hydrogens (tertiary/aromatic N) is 3. The predicted octanol–water partition coefficient (Wildman–Crippen LogP) is 3.05. The average Bonchev–Trinajstić information content (AvgIpc) is 2.78. The zero-order valence-corrected chi connectivity index (χ0v) is 12.1. The Balaban J connectivity index is 0.000000640. The van der Waals surface area contributed by atoms with Crippen molar-refractivity contribution in [3.63, 3.8) is 0 Å². The van der Waals surface area contributed by atoms with Crippen molar-refractivity contribution in [3.8, 4) is 11.3 Å². The van der Waals surface area contributed by atoms with Gasteiger partial charge < -0.3 is 4.57 Å². The second kappa shape index (κ2) is 5.59. The van der Waals surface area contributed by atoms with Crippen LogP contribution in [0.25, 0.3) is 11.3 Å². The van der Waals surface area contributed by atoms with Crippen molar-refractivity contribution in [2.45, 2.75) is 19.4 Å². The summed E-state index contributed by atoms with van der Waals surface area (Å²) in [5.41, 5.74) is 2.23. The van der Waals surface area contributed by atoms with Gasteiger partial charge >= 0.3 is 0 Å². The first kappa shape index (κ1) is 13.4. The lowest BCUT2D eigenvalue weighted by Crippen LogP contribution is -1.87. The maximum atomic E-state index is 4.60. The first-order valence-corrected chi connectivity index (χ1v) is 4.90. The number of fused-ring (bicyclic) bond motifs is 1. The van der Waals surface area contributed by atoms with Gasteiger partial charge in [0.25, 0.3) is 0 Å². The topological polar surface area (TPSA) is 30.7 Å². The average molecular weight is 347 g/mol. The van der Waals surface area contributed by atoms with E-state index in [1.54, 1.807) is 12.4 Å². The molecular formula is C11H13Br2N3. The van der Waals surface area contributed by atoms with E-state index in [1.807, 2.05) is 12.1 Å². The smallest absolute Gasteiger partial charge is 0.109 e. The van der Waals surface area contributed by atoms with Gasteiger partial charge in [-0.15, -0.1) is 34.0 Å². The minimum Gasteiger partial charge on any atom is -0.334 e. The highest BCUT2D eigenvalue weighted by molar-refractivity contribution is 8.93. The van der Waals surface area contributed by atoms with Gasteiger partial charge in [0.2, 0.25) is 0 Å². The molecule has 0 saturated carbocycles. The first-order valence-electron chi connectivity index (χ1n) is 4.90. The second-order valence-corrected chi connectivity index (χ2v) is 3.58. The van der Waals surface area contributed by atoms with Gasteiger partial charge in [-0.2, -0.15) is 0 Å². The molecule has 1 aliphatic rings. The largest absolute Gasteiger partial charge is 0.334 e. The molecule has 3 nitrogen and oxygen atoms in total. The molecule has 2 aromatic rings. The van der Waals surface area contributed by atoms with Crippen LogP contribution < -0.4 is 0 Å². The highest BCUT2D eigenvalue weighted by Crippen LogP contribution is 2.21. The molecule has 0 aliphatic carbocycles. The molecule has 0 unspecified atom stereocenters. The van der Waals surface area contributed by atoms with Gasteiger partial charge in [0.15, 0.2) is 0 Å². The van der Waals surface area contributed by atoms with Crippen molar-refractivity contribution in [2.24, 2.45) is 0 Å². The lowest BCUT2D eigenvalue weighted by Gasteiger charge is -1.94. The highest BCUT2D eigenvalue weighted by atomic mass is 79.9. The summed E-state index contributed by atoms with van der Waals surface area (Å²) in [6.07, 6.45) is 8.10. The molecule has 5 heteroatoms. The molecule has 16 heavy (non-hydrogen) atoms. The third-order valence-electron chi connectivity index (χ3n) is 2.63. The highest BCUT2D eigenvalue weighted by Gasteiger charge is 2.13. The summed E-state index contributed by atoms with van der Waals surface area (Å²) < 4.78 is 2.25. The number of pyridine rings is 1. The SMILES string of the molecule is Br.Br.c1cc(-c2cn3c(n2)CCC3)ccn1. The zero-order valence-electron chi connectivity index (χ0n) is 8.67. The fraction of sp³-hybridized carbons (Fsp3) is 0.273. The van der Waals surface area contributed by atoms with Crippen molar-refractivity contribution >= 4 is 34.0 Å². The van der Waals surface area contributed by atoms with E-state index in [0.29, 0.717) is 0 Å². The van der Waals surface area contributed by atoms with Crippen LogP contribution in [0.5, 0.6) is 0 Å². The molecule has 0 aromatic carbocycles. The van der Waals surface area contributed by atoms with Gasteiger partial charge in [-0.3, -0.25) is 4.98 Å². The standard InChI is InChI=1S/C11H11N3.2BrH/c1-2-11-13-10(8-14(11)7-1)9-3-5-12-6-4-9;;/h3-6,8H,1-2,7H2;2*1H. The Morgan fingerprint density at radius 2 is 1.88 bits per heavy atom. The van der Waals surface area contributed by atoms with E-state index < -0.39 is 0 Å². The van der Waals surface area contributed by atoms with Crippen molar-refractivity contribution in [1.82, 2.24) is 14.5 Å². The molecule has 0 spiro atoms. The number of aryl methyl sites for hydroxylation is 2. The molecule has 0 radical (unpaired) electrons. The molecule has 3 heterocycles. The van der Waals surface area contributed by atoms with Gasteiger partial charge in [-0.05, 0) is 18.6 Å². The molecular weight excluding hydrogens is 334 g/mol. The van der Waals surface area contributed by atoms with Crippen molar-refractivity contribution in [3.05, 3.63) is 36.5 Å². The summed E-state index contributed by atoms with van der Waals surface area (Å²) in [5, 5.41) is 0. The lowest BCUT2D eigenvalue weighted by molar-refractivity contribution is 0.750. The Bertz CT molecular complexity index is 432. The first-order chi connectivity index (χ1) is 6.93.